The van der Waals surface area contributed by atoms with E-state index in [1.165, 1.54) is 0 Å². The Bertz CT molecular complexity index is 41.9. The maximum Gasteiger partial charge on any atom is 0.677 e. The van der Waals surface area contributed by atoms with Crippen molar-refractivity contribution in [2.75, 3.05) is 6.61 Å². The monoisotopic (exact) mass is 106 g/mol. The summed E-state index contributed by atoms with van der Waals surface area (Å²) in [4.78, 5) is 0. The summed E-state index contributed by atoms with van der Waals surface area (Å²) in [5.41, 5.74) is 0. The summed E-state index contributed by atoms with van der Waals surface area (Å²) >= 11 is 0. The fourth-order valence-electron chi connectivity index (χ4n) is 0.215. The molecule has 0 aromatic rings. The van der Waals surface area contributed by atoms with Gasteiger partial charge in [0.15, 0.2) is 0 Å². The van der Waals surface area contributed by atoms with Crippen LogP contribution in [0.25, 0.3) is 0 Å². The summed E-state index contributed by atoms with van der Waals surface area (Å²) in [5.74, 6) is 0. The molecular formula is C3H8BFO2. The lowest BCUT2D eigenvalue weighted by Crippen LogP contribution is -2.10. The number of halogens is 1. The van der Waals surface area contributed by atoms with E-state index in [1.807, 2.05) is 6.92 Å². The lowest BCUT2D eigenvalue weighted by molar-refractivity contribution is 0.221. The van der Waals surface area contributed by atoms with Crippen molar-refractivity contribution in [3.63, 3.8) is 0 Å². The van der Waals surface area contributed by atoms with E-state index in [0.29, 0.717) is 0 Å². The molecule has 4 heteroatoms. The largest absolute Gasteiger partial charge is 0.677 e. The second-order valence-electron chi connectivity index (χ2n) is 1.16. The van der Waals surface area contributed by atoms with Gasteiger partial charge in [-0.25, -0.2) is 0 Å². The first-order valence-corrected chi connectivity index (χ1v) is 2.21. The van der Waals surface area contributed by atoms with Gasteiger partial charge in [-0.3, -0.25) is 4.32 Å². The molecule has 0 saturated heterocycles. The Labute approximate surface area is 42.5 Å². The molecule has 1 N–H and O–H groups in total. The standard InChI is InChI=1S/C3H8BFO2/c1-2-3-7-4(5)6/h6H,2-3H2,1H3. The van der Waals surface area contributed by atoms with Gasteiger partial charge >= 0.3 is 7.40 Å². The van der Waals surface area contributed by atoms with Crippen LogP contribution in [0.5, 0.6) is 0 Å². The maximum absolute atomic E-state index is 11.2. The average molecular weight is 106 g/mol. The van der Waals surface area contributed by atoms with E-state index in [0.717, 1.165) is 6.42 Å². The number of hydrogen-bond acceptors (Lipinski definition) is 2. The van der Waals surface area contributed by atoms with Crippen molar-refractivity contribution in [1.82, 2.24) is 0 Å². The van der Waals surface area contributed by atoms with E-state index in [1.54, 1.807) is 0 Å². The third kappa shape index (κ3) is 5.91. The zero-order valence-electron chi connectivity index (χ0n) is 4.22. The molecule has 0 atom stereocenters. The topological polar surface area (TPSA) is 29.5 Å². The van der Waals surface area contributed by atoms with Crippen LogP contribution in [0.3, 0.4) is 0 Å². The van der Waals surface area contributed by atoms with Crippen LogP contribution in [0.1, 0.15) is 13.3 Å². The molecule has 7 heavy (non-hydrogen) atoms. The van der Waals surface area contributed by atoms with Gasteiger partial charge in [-0.05, 0) is 6.42 Å². The predicted molar refractivity (Wildman–Crippen MR) is 25.3 cm³/mol. The van der Waals surface area contributed by atoms with E-state index >= 15 is 0 Å². The van der Waals surface area contributed by atoms with Crippen LogP contribution in [0.2, 0.25) is 0 Å². The van der Waals surface area contributed by atoms with Gasteiger partial charge in [-0.1, -0.05) is 6.92 Å². The molecule has 0 fully saturated rings. The van der Waals surface area contributed by atoms with Crippen molar-refractivity contribution in [2.45, 2.75) is 13.3 Å². The molecule has 0 bridgehead atoms. The highest BCUT2D eigenvalue weighted by Crippen LogP contribution is 1.83. The molecule has 0 unspecified atom stereocenters. The SMILES string of the molecule is CCCOB(O)F. The molecule has 0 spiro atoms. The predicted octanol–water partition coefficient (Wildman–Crippen LogP) is 0.360. The van der Waals surface area contributed by atoms with Gasteiger partial charge in [-0.15, -0.1) is 0 Å². The molecule has 0 rings (SSSR count). The van der Waals surface area contributed by atoms with Crippen LogP contribution >= 0.6 is 0 Å². The van der Waals surface area contributed by atoms with Crippen molar-refractivity contribution in [3.8, 4) is 0 Å². The Morgan fingerprint density at radius 3 is 2.57 bits per heavy atom. The van der Waals surface area contributed by atoms with Crippen LogP contribution < -0.4 is 0 Å². The zero-order valence-corrected chi connectivity index (χ0v) is 4.22. The molecule has 0 saturated carbocycles. The molecule has 0 radical (unpaired) electrons. The highest BCUT2D eigenvalue weighted by molar-refractivity contribution is 6.33. The Morgan fingerprint density at radius 1 is 1.86 bits per heavy atom. The molecule has 0 aliphatic carbocycles. The van der Waals surface area contributed by atoms with Crippen molar-refractivity contribution >= 4 is 7.40 Å². The molecule has 0 aromatic carbocycles. The fourth-order valence-corrected chi connectivity index (χ4v) is 0.215. The van der Waals surface area contributed by atoms with Crippen molar-refractivity contribution in [2.24, 2.45) is 0 Å². The molecule has 0 aliphatic rings. The molecule has 0 aromatic heterocycles. The minimum absolute atomic E-state index is 0.275. The first-order chi connectivity index (χ1) is 3.27. The van der Waals surface area contributed by atoms with E-state index < -0.39 is 7.40 Å². The van der Waals surface area contributed by atoms with Crippen LogP contribution in [-0.4, -0.2) is 19.0 Å². The Morgan fingerprint density at radius 2 is 2.43 bits per heavy atom. The minimum atomic E-state index is -2.10. The minimum Gasteiger partial charge on any atom is -0.398 e. The van der Waals surface area contributed by atoms with Gasteiger partial charge in [0.1, 0.15) is 0 Å². The molecule has 2 nitrogen and oxygen atoms in total. The van der Waals surface area contributed by atoms with Crippen molar-refractivity contribution in [3.05, 3.63) is 0 Å². The summed E-state index contributed by atoms with van der Waals surface area (Å²) in [5, 5.41) is 7.79. The average Bonchev–Trinajstić information content (AvgIpc) is 1.61. The number of hydrogen-bond donors (Lipinski definition) is 1. The van der Waals surface area contributed by atoms with Crippen LogP contribution in [0.15, 0.2) is 0 Å². The summed E-state index contributed by atoms with van der Waals surface area (Å²) in [6.07, 6.45) is 0.723. The molecule has 42 valence electrons. The lowest BCUT2D eigenvalue weighted by Gasteiger charge is -1.93. The third-order valence-electron chi connectivity index (χ3n) is 0.460. The Balaban J connectivity index is 2.68. The quantitative estimate of drug-likeness (QED) is 0.526. The Hall–Kier alpha value is -0.0851. The summed E-state index contributed by atoms with van der Waals surface area (Å²) in [6.45, 7) is 2.11. The number of rotatable bonds is 3. The third-order valence-corrected chi connectivity index (χ3v) is 0.460. The van der Waals surface area contributed by atoms with E-state index in [2.05, 4.69) is 4.65 Å². The Kier molecular flexibility index (Phi) is 4.03. The highest BCUT2D eigenvalue weighted by atomic mass is 19.1. The first kappa shape index (κ1) is 6.91. The van der Waals surface area contributed by atoms with Crippen LogP contribution in [-0.2, 0) is 4.65 Å². The van der Waals surface area contributed by atoms with E-state index in [4.69, 9.17) is 5.02 Å². The highest BCUT2D eigenvalue weighted by Gasteiger charge is 2.08. The molecule has 0 aliphatic heterocycles. The van der Waals surface area contributed by atoms with Gasteiger partial charge in [0.25, 0.3) is 0 Å². The van der Waals surface area contributed by atoms with E-state index in [-0.39, 0.29) is 6.61 Å². The normalized spacial score (nSPS) is 9.00. The van der Waals surface area contributed by atoms with Gasteiger partial charge in [0, 0.05) is 6.61 Å². The smallest absolute Gasteiger partial charge is 0.398 e. The maximum atomic E-state index is 11.2. The fraction of sp³-hybridized carbons (Fsp3) is 1.00. The summed E-state index contributed by atoms with van der Waals surface area (Å²) in [6, 6.07) is 0. The molecule has 0 amide bonds. The van der Waals surface area contributed by atoms with Gasteiger partial charge in [0.05, 0.1) is 0 Å². The van der Waals surface area contributed by atoms with Gasteiger partial charge in [-0.2, -0.15) is 0 Å². The van der Waals surface area contributed by atoms with Gasteiger partial charge < -0.3 is 9.68 Å². The first-order valence-electron chi connectivity index (χ1n) is 2.21. The molecular weight excluding hydrogens is 97.8 g/mol. The zero-order chi connectivity index (χ0) is 5.70. The van der Waals surface area contributed by atoms with Crippen molar-refractivity contribution in [1.29, 1.82) is 0 Å². The van der Waals surface area contributed by atoms with Crippen LogP contribution in [0.4, 0.5) is 4.32 Å². The molecule has 0 heterocycles. The lowest BCUT2D eigenvalue weighted by atomic mass is 10.3. The summed E-state index contributed by atoms with van der Waals surface area (Å²) < 4.78 is 15.3. The second-order valence-corrected chi connectivity index (χ2v) is 1.16. The summed E-state index contributed by atoms with van der Waals surface area (Å²) in [7, 11) is -2.10. The van der Waals surface area contributed by atoms with Crippen molar-refractivity contribution < 1.29 is 14.0 Å². The van der Waals surface area contributed by atoms with E-state index in [9.17, 15) is 4.32 Å². The van der Waals surface area contributed by atoms with Crippen LogP contribution in [0, 0.1) is 0 Å². The second kappa shape index (κ2) is 4.08. The van der Waals surface area contributed by atoms with Gasteiger partial charge in [0.2, 0.25) is 0 Å².